The van der Waals surface area contributed by atoms with Crippen LogP contribution in [0, 0.1) is 6.08 Å². The van der Waals surface area contributed by atoms with Crippen LogP contribution in [0.3, 0.4) is 0 Å². The molecule has 19 heteroatoms. The Morgan fingerprint density at radius 1 is 0.735 bits per heavy atom. The third-order valence-electron chi connectivity index (χ3n) is 3.93. The first kappa shape index (κ1) is 25.1. The standard InChI is InChI=1S/C15H13FN6O9S3/c16-13-20-14(18-7-1-3-11(9(17)5-7)33(26,27)28)22-15(21-13)19-10-6-8(32(23,24)25)2-4-12(10)34(29,30)31/h1-6H,17H2,(H,23,24,25)(H,26,27,28)(H,29,30,31)(H2,18,19,20,21,22). The Morgan fingerprint density at radius 3 is 1.82 bits per heavy atom. The number of nitrogen functional groups attached to an aromatic ring is 1. The molecule has 0 unspecified atom stereocenters. The normalized spacial score (nSPS) is 12.4. The molecule has 0 aliphatic heterocycles. The predicted molar refractivity (Wildman–Crippen MR) is 113 cm³/mol. The first-order valence-electron chi connectivity index (χ1n) is 8.46. The smallest absolute Gasteiger partial charge is 0.315 e. The molecule has 0 saturated carbocycles. The second kappa shape index (κ2) is 8.70. The predicted octanol–water partition coefficient (Wildman–Crippen LogP) is 0.820. The third-order valence-corrected chi connectivity index (χ3v) is 6.61. The number of benzene rings is 2. The second-order valence-electron chi connectivity index (χ2n) is 6.34. The van der Waals surface area contributed by atoms with Crippen molar-refractivity contribution in [2.75, 3.05) is 16.4 Å². The summed E-state index contributed by atoms with van der Waals surface area (Å²) in [4.78, 5) is 8.20. The molecule has 3 aromatic rings. The number of rotatable bonds is 7. The molecule has 0 fully saturated rings. The lowest BCUT2D eigenvalue weighted by molar-refractivity contribution is 0.479. The van der Waals surface area contributed by atoms with Gasteiger partial charge in [0.1, 0.15) is 9.79 Å². The molecule has 0 radical (unpaired) electrons. The molecule has 3 rings (SSSR count). The SMILES string of the molecule is Nc1cc(Nc2nc(F)nc(Nc3cc(S(=O)(=O)O)ccc3S(=O)(=O)O)n2)ccc1S(=O)(=O)O. The van der Waals surface area contributed by atoms with Crippen molar-refractivity contribution in [3.63, 3.8) is 0 Å². The zero-order valence-corrected chi connectivity index (χ0v) is 18.7. The highest BCUT2D eigenvalue weighted by atomic mass is 32.2. The Balaban J connectivity index is 2.00. The average Bonchev–Trinajstić information content (AvgIpc) is 2.65. The fraction of sp³-hybridized carbons (Fsp3) is 0. The summed E-state index contributed by atoms with van der Waals surface area (Å²) in [6.45, 7) is 0. The molecule has 2 aromatic carbocycles. The van der Waals surface area contributed by atoms with E-state index in [1.165, 1.54) is 0 Å². The number of hydrogen-bond acceptors (Lipinski definition) is 12. The maximum Gasteiger partial charge on any atom is 0.315 e. The van der Waals surface area contributed by atoms with E-state index < -0.39 is 68.7 Å². The zero-order valence-electron chi connectivity index (χ0n) is 16.3. The van der Waals surface area contributed by atoms with Crippen molar-refractivity contribution >= 4 is 59.3 Å². The second-order valence-corrected chi connectivity index (χ2v) is 10.5. The van der Waals surface area contributed by atoms with Gasteiger partial charge in [-0.2, -0.15) is 44.6 Å². The first-order valence-corrected chi connectivity index (χ1v) is 12.8. The van der Waals surface area contributed by atoms with Crippen LogP contribution in [0.15, 0.2) is 51.1 Å². The van der Waals surface area contributed by atoms with Gasteiger partial charge in [0.15, 0.2) is 0 Å². The molecule has 1 aromatic heterocycles. The van der Waals surface area contributed by atoms with E-state index >= 15 is 0 Å². The molecule has 0 saturated heterocycles. The van der Waals surface area contributed by atoms with Crippen molar-refractivity contribution in [2.45, 2.75) is 14.7 Å². The van der Waals surface area contributed by atoms with Gasteiger partial charge in [-0.25, -0.2) is 0 Å². The van der Waals surface area contributed by atoms with Gasteiger partial charge in [-0.3, -0.25) is 13.7 Å². The van der Waals surface area contributed by atoms with Crippen molar-refractivity contribution < 1.29 is 43.3 Å². The van der Waals surface area contributed by atoms with Crippen molar-refractivity contribution in [3.05, 3.63) is 42.5 Å². The monoisotopic (exact) mass is 536 g/mol. The Kier molecular flexibility index (Phi) is 6.43. The van der Waals surface area contributed by atoms with E-state index in [0.29, 0.717) is 18.2 Å². The van der Waals surface area contributed by atoms with Gasteiger partial charge in [-0.15, -0.1) is 0 Å². The van der Waals surface area contributed by atoms with Crippen LogP contribution in [0.5, 0.6) is 0 Å². The van der Waals surface area contributed by atoms with Crippen LogP contribution in [0.1, 0.15) is 0 Å². The zero-order chi connectivity index (χ0) is 25.5. The van der Waals surface area contributed by atoms with Crippen molar-refractivity contribution in [2.24, 2.45) is 0 Å². The fourth-order valence-electron chi connectivity index (χ4n) is 2.56. The first-order chi connectivity index (χ1) is 15.5. The topological polar surface area (TPSA) is 252 Å². The Bertz CT molecular complexity index is 1610. The highest BCUT2D eigenvalue weighted by Crippen LogP contribution is 2.28. The van der Waals surface area contributed by atoms with Crippen molar-refractivity contribution in [1.82, 2.24) is 15.0 Å². The molecule has 7 N–H and O–H groups in total. The Labute approximate surface area is 191 Å². The van der Waals surface area contributed by atoms with Gasteiger partial charge in [-0.1, -0.05) is 0 Å². The molecule has 0 atom stereocenters. The molecule has 0 spiro atoms. The lowest BCUT2D eigenvalue weighted by atomic mass is 10.3. The Morgan fingerprint density at radius 2 is 1.29 bits per heavy atom. The summed E-state index contributed by atoms with van der Waals surface area (Å²) in [7, 11) is -14.3. The van der Waals surface area contributed by atoms with Crippen molar-refractivity contribution in [3.8, 4) is 0 Å². The van der Waals surface area contributed by atoms with Gasteiger partial charge in [-0.05, 0) is 36.4 Å². The maximum absolute atomic E-state index is 14.0. The minimum absolute atomic E-state index is 0.0495. The molecule has 0 aliphatic rings. The van der Waals surface area contributed by atoms with Gasteiger partial charge in [0.25, 0.3) is 30.4 Å². The maximum atomic E-state index is 14.0. The molecular weight excluding hydrogens is 523 g/mol. The molecular formula is C15H13FN6O9S3. The van der Waals surface area contributed by atoms with E-state index in [-0.39, 0.29) is 11.4 Å². The van der Waals surface area contributed by atoms with Crippen LogP contribution >= 0.6 is 0 Å². The average molecular weight is 537 g/mol. The highest BCUT2D eigenvalue weighted by molar-refractivity contribution is 7.86. The number of aromatic nitrogens is 3. The molecule has 15 nitrogen and oxygen atoms in total. The summed E-state index contributed by atoms with van der Waals surface area (Å²) in [6, 6.07) is 5.14. The highest BCUT2D eigenvalue weighted by Gasteiger charge is 2.21. The van der Waals surface area contributed by atoms with E-state index in [4.69, 9.17) is 10.3 Å². The van der Waals surface area contributed by atoms with Crippen molar-refractivity contribution in [1.29, 1.82) is 0 Å². The summed E-state index contributed by atoms with van der Waals surface area (Å²) in [6.07, 6.45) is -1.39. The minimum atomic E-state index is -4.91. The largest absolute Gasteiger partial charge is 0.398 e. The summed E-state index contributed by atoms with van der Waals surface area (Å²) >= 11 is 0. The molecule has 1 heterocycles. The third kappa shape index (κ3) is 5.89. The van der Waals surface area contributed by atoms with E-state index in [2.05, 4.69) is 25.6 Å². The van der Waals surface area contributed by atoms with E-state index in [1.807, 2.05) is 0 Å². The number of hydrogen-bond donors (Lipinski definition) is 6. The van der Waals surface area contributed by atoms with Crippen LogP contribution in [-0.2, 0) is 30.4 Å². The van der Waals surface area contributed by atoms with Crippen LogP contribution in [0.25, 0.3) is 0 Å². The number of nitrogens with two attached hydrogens (primary N) is 1. The van der Waals surface area contributed by atoms with Gasteiger partial charge in [0, 0.05) is 5.69 Å². The van der Waals surface area contributed by atoms with E-state index in [1.54, 1.807) is 0 Å². The van der Waals surface area contributed by atoms with Crippen LogP contribution < -0.4 is 16.4 Å². The Hall–Kier alpha value is -3.49. The van der Waals surface area contributed by atoms with E-state index in [0.717, 1.165) is 18.2 Å². The summed E-state index contributed by atoms with van der Waals surface area (Å²) in [5, 5.41) is 4.67. The number of nitrogens with one attached hydrogen (secondary N) is 2. The number of nitrogens with zero attached hydrogens (tertiary/aromatic N) is 3. The molecule has 0 bridgehead atoms. The summed E-state index contributed by atoms with van der Waals surface area (Å²) < 4.78 is 110. The summed E-state index contributed by atoms with van der Waals surface area (Å²) in [5.41, 5.74) is 4.62. The molecule has 0 amide bonds. The minimum Gasteiger partial charge on any atom is -0.398 e. The lowest BCUT2D eigenvalue weighted by Crippen LogP contribution is -2.10. The van der Waals surface area contributed by atoms with Gasteiger partial charge in [0.2, 0.25) is 11.9 Å². The van der Waals surface area contributed by atoms with Crippen LogP contribution in [0.2, 0.25) is 0 Å². The van der Waals surface area contributed by atoms with E-state index in [9.17, 15) is 38.7 Å². The number of halogens is 1. The van der Waals surface area contributed by atoms with Gasteiger partial charge < -0.3 is 16.4 Å². The van der Waals surface area contributed by atoms with Gasteiger partial charge in [0.05, 0.1) is 16.3 Å². The summed E-state index contributed by atoms with van der Waals surface area (Å²) in [5.74, 6) is -1.15. The quantitative estimate of drug-likeness (QED) is 0.180. The lowest BCUT2D eigenvalue weighted by Gasteiger charge is -2.12. The molecule has 0 aliphatic carbocycles. The van der Waals surface area contributed by atoms with Crippen LogP contribution in [-0.4, -0.2) is 53.9 Å². The fourth-order valence-corrected chi connectivity index (χ4v) is 4.30. The molecule has 34 heavy (non-hydrogen) atoms. The van der Waals surface area contributed by atoms with Crippen LogP contribution in [0.4, 0.5) is 33.3 Å². The molecule has 182 valence electrons. The number of anilines is 5. The van der Waals surface area contributed by atoms with Gasteiger partial charge >= 0.3 is 6.08 Å².